The summed E-state index contributed by atoms with van der Waals surface area (Å²) in [4.78, 5) is 24.0. The molecule has 23 heavy (non-hydrogen) atoms. The molecule has 2 aromatic rings. The second-order valence-corrected chi connectivity index (χ2v) is 5.83. The Bertz CT molecular complexity index is 749. The van der Waals surface area contributed by atoms with Crippen LogP contribution in [-0.2, 0) is 14.3 Å². The van der Waals surface area contributed by atoms with Crippen molar-refractivity contribution < 1.29 is 19.1 Å². The van der Waals surface area contributed by atoms with Crippen molar-refractivity contribution in [1.82, 2.24) is 9.78 Å². The highest BCUT2D eigenvalue weighted by molar-refractivity contribution is 5.91. The van der Waals surface area contributed by atoms with Gasteiger partial charge in [-0.25, -0.2) is 14.3 Å². The second kappa shape index (κ2) is 5.53. The van der Waals surface area contributed by atoms with Gasteiger partial charge < -0.3 is 9.47 Å². The number of hydrogen-bond donors (Lipinski definition) is 0. The van der Waals surface area contributed by atoms with E-state index < -0.39 is 18.0 Å². The Hall–Kier alpha value is -2.63. The molecule has 118 valence electrons. The van der Waals surface area contributed by atoms with E-state index in [2.05, 4.69) is 5.10 Å². The smallest absolute Gasteiger partial charge is 0.357 e. The van der Waals surface area contributed by atoms with Crippen LogP contribution in [0.15, 0.2) is 36.4 Å². The summed E-state index contributed by atoms with van der Waals surface area (Å²) in [6, 6.07) is 11.2. The molecule has 4 rings (SSSR count). The molecule has 1 aromatic carbocycles. The predicted octanol–water partition coefficient (Wildman–Crippen LogP) is 2.22. The monoisotopic (exact) mass is 312 g/mol. The van der Waals surface area contributed by atoms with E-state index >= 15 is 0 Å². The molecule has 1 saturated heterocycles. The van der Waals surface area contributed by atoms with E-state index in [4.69, 9.17) is 9.47 Å². The van der Waals surface area contributed by atoms with Gasteiger partial charge in [0, 0.05) is 12.3 Å². The van der Waals surface area contributed by atoms with Crippen LogP contribution in [0.25, 0.3) is 5.69 Å². The number of carbonyl (C=O) groups excluding carboxylic acids is 2. The molecular formula is C17H16N2O4. The van der Waals surface area contributed by atoms with E-state index in [9.17, 15) is 9.59 Å². The van der Waals surface area contributed by atoms with Gasteiger partial charge in [0.15, 0.2) is 5.69 Å². The van der Waals surface area contributed by atoms with E-state index in [-0.39, 0.29) is 0 Å². The molecule has 1 aliphatic heterocycles. The normalized spacial score (nSPS) is 20.3. The van der Waals surface area contributed by atoms with Crippen molar-refractivity contribution in [3.63, 3.8) is 0 Å². The Labute approximate surface area is 133 Å². The number of aromatic nitrogens is 2. The Balaban J connectivity index is 1.66. The van der Waals surface area contributed by atoms with Crippen LogP contribution in [0.5, 0.6) is 0 Å². The first-order chi connectivity index (χ1) is 11.2. The Morgan fingerprint density at radius 2 is 2.00 bits per heavy atom. The first kappa shape index (κ1) is 14.0. The predicted molar refractivity (Wildman–Crippen MR) is 80.3 cm³/mol. The van der Waals surface area contributed by atoms with Gasteiger partial charge in [-0.1, -0.05) is 18.2 Å². The molecule has 2 fully saturated rings. The maximum absolute atomic E-state index is 12.5. The van der Waals surface area contributed by atoms with E-state index in [0.717, 1.165) is 24.2 Å². The van der Waals surface area contributed by atoms with Crippen molar-refractivity contribution in [2.45, 2.75) is 31.3 Å². The quantitative estimate of drug-likeness (QED) is 0.810. The molecule has 1 atom stereocenters. The van der Waals surface area contributed by atoms with E-state index in [1.165, 1.54) is 0 Å². The highest BCUT2D eigenvalue weighted by Crippen LogP contribution is 2.39. The molecule has 0 radical (unpaired) electrons. The van der Waals surface area contributed by atoms with Gasteiger partial charge in [-0.2, -0.15) is 5.10 Å². The summed E-state index contributed by atoms with van der Waals surface area (Å²) >= 11 is 0. The molecular weight excluding hydrogens is 296 g/mol. The lowest BCUT2D eigenvalue weighted by Crippen LogP contribution is -2.24. The van der Waals surface area contributed by atoms with E-state index in [0.29, 0.717) is 24.6 Å². The zero-order valence-electron chi connectivity index (χ0n) is 12.5. The molecule has 2 aliphatic rings. The Kier molecular flexibility index (Phi) is 3.37. The Morgan fingerprint density at radius 1 is 1.22 bits per heavy atom. The van der Waals surface area contributed by atoms with Crippen molar-refractivity contribution in [3.05, 3.63) is 47.8 Å². The van der Waals surface area contributed by atoms with Gasteiger partial charge in [0.05, 0.1) is 18.0 Å². The summed E-state index contributed by atoms with van der Waals surface area (Å²) in [7, 11) is 0. The number of nitrogens with zero attached hydrogens (tertiary/aromatic N) is 2. The molecule has 0 bridgehead atoms. The number of esters is 2. The van der Waals surface area contributed by atoms with Gasteiger partial charge in [0.25, 0.3) is 0 Å². The third-order valence-corrected chi connectivity index (χ3v) is 4.07. The van der Waals surface area contributed by atoms with Gasteiger partial charge in [-0.15, -0.1) is 0 Å². The highest BCUT2D eigenvalue weighted by Gasteiger charge is 2.33. The summed E-state index contributed by atoms with van der Waals surface area (Å²) < 4.78 is 11.7. The number of ether oxygens (including phenoxy) is 2. The number of carbonyl (C=O) groups is 2. The fraction of sp³-hybridized carbons (Fsp3) is 0.353. The molecule has 2 heterocycles. The zero-order chi connectivity index (χ0) is 15.8. The standard InChI is InChI=1S/C17H16N2O4/c20-16(23-15-8-9-22-17(15)21)14-10-13(11-6-7-11)18-19(14)12-4-2-1-3-5-12/h1-5,10-11,15H,6-9H2/t15-/m1/s1. The lowest BCUT2D eigenvalue weighted by Gasteiger charge is -2.10. The van der Waals surface area contributed by atoms with E-state index in [1.54, 1.807) is 10.7 Å². The molecule has 0 spiro atoms. The molecule has 0 unspecified atom stereocenters. The number of para-hydroxylation sites is 1. The lowest BCUT2D eigenvalue weighted by atomic mass is 10.2. The highest BCUT2D eigenvalue weighted by atomic mass is 16.6. The summed E-state index contributed by atoms with van der Waals surface area (Å²) in [6.45, 7) is 0.294. The van der Waals surface area contributed by atoms with Crippen LogP contribution in [0.2, 0.25) is 0 Å². The average molecular weight is 312 g/mol. The first-order valence-corrected chi connectivity index (χ1v) is 7.75. The summed E-state index contributed by atoms with van der Waals surface area (Å²) in [5.74, 6) is -0.605. The van der Waals surface area contributed by atoms with Crippen LogP contribution in [0.1, 0.15) is 41.4 Å². The van der Waals surface area contributed by atoms with Crippen molar-refractivity contribution in [1.29, 1.82) is 0 Å². The van der Waals surface area contributed by atoms with Crippen molar-refractivity contribution in [3.8, 4) is 5.69 Å². The average Bonchev–Trinajstić information content (AvgIpc) is 3.20. The fourth-order valence-corrected chi connectivity index (χ4v) is 2.66. The van der Waals surface area contributed by atoms with Crippen molar-refractivity contribution in [2.75, 3.05) is 6.61 Å². The Morgan fingerprint density at radius 3 is 2.65 bits per heavy atom. The number of hydrogen-bond acceptors (Lipinski definition) is 5. The number of benzene rings is 1. The van der Waals surface area contributed by atoms with Gasteiger partial charge in [-0.3, -0.25) is 0 Å². The van der Waals surface area contributed by atoms with Crippen LogP contribution in [0.4, 0.5) is 0 Å². The summed E-state index contributed by atoms with van der Waals surface area (Å²) in [5, 5.41) is 4.56. The van der Waals surface area contributed by atoms with Crippen molar-refractivity contribution >= 4 is 11.9 Å². The van der Waals surface area contributed by atoms with Crippen LogP contribution in [0, 0.1) is 0 Å². The van der Waals surface area contributed by atoms with Gasteiger partial charge >= 0.3 is 11.9 Å². The number of cyclic esters (lactones) is 1. The minimum atomic E-state index is -0.814. The molecule has 1 saturated carbocycles. The summed E-state index contributed by atoms with van der Waals surface area (Å²) in [6.07, 6.45) is 1.77. The van der Waals surface area contributed by atoms with Gasteiger partial charge in [0.1, 0.15) is 0 Å². The fourth-order valence-electron chi connectivity index (χ4n) is 2.66. The largest absolute Gasteiger partial charge is 0.463 e. The molecule has 1 aromatic heterocycles. The van der Waals surface area contributed by atoms with Gasteiger partial charge in [-0.05, 0) is 31.0 Å². The van der Waals surface area contributed by atoms with Gasteiger partial charge in [0.2, 0.25) is 6.10 Å². The van der Waals surface area contributed by atoms with Crippen LogP contribution in [0.3, 0.4) is 0 Å². The van der Waals surface area contributed by atoms with E-state index in [1.807, 2.05) is 30.3 Å². The zero-order valence-corrected chi connectivity index (χ0v) is 12.5. The third-order valence-electron chi connectivity index (χ3n) is 4.07. The maximum Gasteiger partial charge on any atom is 0.357 e. The minimum absolute atomic E-state index is 0.294. The topological polar surface area (TPSA) is 70.4 Å². The molecule has 0 N–H and O–H groups in total. The van der Waals surface area contributed by atoms with Crippen LogP contribution >= 0.6 is 0 Å². The molecule has 0 amide bonds. The molecule has 1 aliphatic carbocycles. The number of rotatable bonds is 4. The first-order valence-electron chi connectivity index (χ1n) is 7.75. The minimum Gasteiger partial charge on any atom is -0.463 e. The maximum atomic E-state index is 12.5. The van der Waals surface area contributed by atoms with Crippen LogP contribution in [-0.4, -0.2) is 34.4 Å². The second-order valence-electron chi connectivity index (χ2n) is 5.83. The third kappa shape index (κ3) is 2.72. The summed E-state index contributed by atoms with van der Waals surface area (Å²) in [5.41, 5.74) is 2.04. The molecule has 6 heteroatoms. The SMILES string of the molecule is O=C(O[C@@H]1CCOC1=O)c1cc(C2CC2)nn1-c1ccccc1. The van der Waals surface area contributed by atoms with Crippen LogP contribution < -0.4 is 0 Å². The molecule has 6 nitrogen and oxygen atoms in total. The lowest BCUT2D eigenvalue weighted by molar-refractivity contribution is -0.145. The van der Waals surface area contributed by atoms with Crippen molar-refractivity contribution in [2.24, 2.45) is 0 Å².